The van der Waals surface area contributed by atoms with Crippen molar-refractivity contribution >= 4 is 34.1 Å². The summed E-state index contributed by atoms with van der Waals surface area (Å²) < 4.78 is 11.0. The maximum absolute atomic E-state index is 12.0. The van der Waals surface area contributed by atoms with Crippen LogP contribution in [0, 0.1) is 0 Å². The molecule has 0 saturated heterocycles. The maximum atomic E-state index is 12.0. The van der Waals surface area contributed by atoms with Crippen molar-refractivity contribution in [3.8, 4) is 11.5 Å². The van der Waals surface area contributed by atoms with Gasteiger partial charge in [-0.15, -0.1) is 22.0 Å². The van der Waals surface area contributed by atoms with E-state index in [2.05, 4.69) is 22.4 Å². The van der Waals surface area contributed by atoms with Gasteiger partial charge in [-0.1, -0.05) is 24.7 Å². The molecule has 2 aromatic rings. The van der Waals surface area contributed by atoms with E-state index in [4.69, 9.17) is 9.47 Å². The maximum Gasteiger partial charge on any atom is 0.236 e. The van der Waals surface area contributed by atoms with Gasteiger partial charge in [0.2, 0.25) is 11.0 Å². The molecule has 128 valence electrons. The Bertz CT molecular complexity index is 706. The van der Waals surface area contributed by atoms with Gasteiger partial charge in [0.15, 0.2) is 11.5 Å². The highest BCUT2D eigenvalue weighted by Gasteiger charge is 2.13. The summed E-state index contributed by atoms with van der Waals surface area (Å²) >= 11 is 2.89. The molecule has 1 aliphatic heterocycles. The Morgan fingerprint density at radius 3 is 2.96 bits per heavy atom. The van der Waals surface area contributed by atoms with Crippen molar-refractivity contribution in [1.29, 1.82) is 0 Å². The molecule has 1 aromatic carbocycles. The van der Waals surface area contributed by atoms with Gasteiger partial charge in [0.25, 0.3) is 0 Å². The number of fused-ring (bicyclic) bond motifs is 1. The number of ether oxygens (including phenoxy) is 2. The SMILES string of the molecule is CCCCc1nnc(NC(=O)CSc2ccc3c(c2)OCCO3)s1. The van der Waals surface area contributed by atoms with Crippen molar-refractivity contribution in [2.24, 2.45) is 0 Å². The van der Waals surface area contributed by atoms with Crippen molar-refractivity contribution in [3.63, 3.8) is 0 Å². The van der Waals surface area contributed by atoms with Crippen LogP contribution in [0.2, 0.25) is 0 Å². The predicted octanol–water partition coefficient (Wildman–Crippen LogP) is 3.38. The number of carbonyl (C=O) groups excluding carboxylic acids is 1. The number of nitrogens with zero attached hydrogens (tertiary/aromatic N) is 2. The fraction of sp³-hybridized carbons (Fsp3) is 0.438. The zero-order valence-corrected chi connectivity index (χ0v) is 15.0. The molecule has 1 aliphatic rings. The minimum absolute atomic E-state index is 0.0897. The van der Waals surface area contributed by atoms with E-state index in [-0.39, 0.29) is 5.91 Å². The third-order valence-corrected chi connectivity index (χ3v) is 5.23. The Labute approximate surface area is 149 Å². The van der Waals surface area contributed by atoms with E-state index < -0.39 is 0 Å². The third-order valence-electron chi connectivity index (χ3n) is 3.34. The van der Waals surface area contributed by atoms with Crippen LogP contribution in [0.5, 0.6) is 11.5 Å². The van der Waals surface area contributed by atoms with E-state index in [1.54, 1.807) is 0 Å². The molecular formula is C16H19N3O3S2. The van der Waals surface area contributed by atoms with Crippen LogP contribution in [0.3, 0.4) is 0 Å². The monoisotopic (exact) mass is 365 g/mol. The topological polar surface area (TPSA) is 73.3 Å². The van der Waals surface area contributed by atoms with Crippen LogP contribution in [0.1, 0.15) is 24.8 Å². The molecule has 0 saturated carbocycles. The molecule has 2 heterocycles. The number of aryl methyl sites for hydroxylation is 1. The van der Waals surface area contributed by atoms with E-state index in [1.165, 1.54) is 23.1 Å². The van der Waals surface area contributed by atoms with E-state index in [1.807, 2.05) is 18.2 Å². The number of rotatable bonds is 7. The summed E-state index contributed by atoms with van der Waals surface area (Å²) in [4.78, 5) is 13.0. The first kappa shape index (κ1) is 17.0. The zero-order chi connectivity index (χ0) is 16.8. The lowest BCUT2D eigenvalue weighted by molar-refractivity contribution is -0.113. The van der Waals surface area contributed by atoms with Crippen LogP contribution in [-0.4, -0.2) is 35.1 Å². The van der Waals surface area contributed by atoms with Crippen LogP contribution in [0.4, 0.5) is 5.13 Å². The number of nitrogens with one attached hydrogen (secondary N) is 1. The Kier molecular flexibility index (Phi) is 5.92. The third kappa shape index (κ3) is 4.61. The molecule has 0 aliphatic carbocycles. The molecule has 1 aromatic heterocycles. The lowest BCUT2D eigenvalue weighted by Crippen LogP contribution is -2.15. The standard InChI is InChI=1S/C16H19N3O3S2/c1-2-3-4-15-18-19-16(24-15)17-14(20)10-23-11-5-6-12-13(9-11)22-8-7-21-12/h5-6,9H,2-4,7-8,10H2,1H3,(H,17,19,20). The molecule has 1 N–H and O–H groups in total. The highest BCUT2D eigenvalue weighted by atomic mass is 32.2. The number of anilines is 1. The lowest BCUT2D eigenvalue weighted by Gasteiger charge is -2.18. The minimum Gasteiger partial charge on any atom is -0.486 e. The number of aromatic nitrogens is 2. The van der Waals surface area contributed by atoms with Gasteiger partial charge in [-0.3, -0.25) is 10.1 Å². The van der Waals surface area contributed by atoms with E-state index in [0.717, 1.165) is 40.7 Å². The molecule has 8 heteroatoms. The Morgan fingerprint density at radius 2 is 2.12 bits per heavy atom. The molecule has 0 fully saturated rings. The number of benzene rings is 1. The average Bonchev–Trinajstić information content (AvgIpc) is 3.05. The van der Waals surface area contributed by atoms with Gasteiger partial charge in [-0.2, -0.15) is 0 Å². The summed E-state index contributed by atoms with van der Waals surface area (Å²) in [6, 6.07) is 5.71. The summed E-state index contributed by atoms with van der Waals surface area (Å²) in [5, 5.41) is 12.4. The Hall–Kier alpha value is -1.80. The fourth-order valence-electron chi connectivity index (χ4n) is 2.15. The van der Waals surface area contributed by atoms with Crippen LogP contribution >= 0.6 is 23.1 Å². The van der Waals surface area contributed by atoms with Crippen LogP contribution < -0.4 is 14.8 Å². The first-order valence-electron chi connectivity index (χ1n) is 7.89. The minimum atomic E-state index is -0.0897. The summed E-state index contributed by atoms with van der Waals surface area (Å²) in [7, 11) is 0. The predicted molar refractivity (Wildman–Crippen MR) is 95.3 cm³/mol. The van der Waals surface area contributed by atoms with Crippen molar-refractivity contribution in [1.82, 2.24) is 10.2 Å². The molecule has 6 nitrogen and oxygen atoms in total. The van der Waals surface area contributed by atoms with Crippen LogP contribution in [0.25, 0.3) is 0 Å². The van der Waals surface area contributed by atoms with Crippen molar-refractivity contribution in [2.75, 3.05) is 24.3 Å². The van der Waals surface area contributed by atoms with Crippen molar-refractivity contribution in [2.45, 2.75) is 31.1 Å². The molecule has 0 bridgehead atoms. The van der Waals surface area contributed by atoms with Crippen LogP contribution in [-0.2, 0) is 11.2 Å². The summed E-state index contributed by atoms with van der Waals surface area (Å²) in [5.41, 5.74) is 0. The number of hydrogen-bond donors (Lipinski definition) is 1. The second kappa shape index (κ2) is 8.34. The summed E-state index contributed by atoms with van der Waals surface area (Å²) in [6.07, 6.45) is 3.12. The lowest BCUT2D eigenvalue weighted by atomic mass is 10.3. The quantitative estimate of drug-likeness (QED) is 0.758. The molecule has 3 rings (SSSR count). The van der Waals surface area contributed by atoms with E-state index in [9.17, 15) is 4.79 Å². The van der Waals surface area contributed by atoms with Gasteiger partial charge < -0.3 is 9.47 Å². The van der Waals surface area contributed by atoms with Gasteiger partial charge in [0.1, 0.15) is 18.2 Å². The number of carbonyl (C=O) groups is 1. The van der Waals surface area contributed by atoms with Gasteiger partial charge in [-0.05, 0) is 24.6 Å². The molecule has 0 radical (unpaired) electrons. The number of amides is 1. The second-order valence-corrected chi connectivity index (χ2v) is 7.36. The van der Waals surface area contributed by atoms with Gasteiger partial charge >= 0.3 is 0 Å². The van der Waals surface area contributed by atoms with Gasteiger partial charge in [0.05, 0.1) is 5.75 Å². The summed E-state index contributed by atoms with van der Waals surface area (Å²) in [6.45, 7) is 3.27. The molecule has 0 unspecified atom stereocenters. The van der Waals surface area contributed by atoms with E-state index >= 15 is 0 Å². The molecule has 0 spiro atoms. The first-order chi connectivity index (χ1) is 11.7. The molecular weight excluding hydrogens is 346 g/mol. The molecule has 24 heavy (non-hydrogen) atoms. The fourth-order valence-corrected chi connectivity index (χ4v) is 3.67. The number of thioether (sulfide) groups is 1. The Balaban J connectivity index is 1.49. The van der Waals surface area contributed by atoms with Crippen LogP contribution in [0.15, 0.2) is 23.1 Å². The van der Waals surface area contributed by atoms with E-state index in [0.29, 0.717) is 24.1 Å². The average molecular weight is 365 g/mol. The largest absolute Gasteiger partial charge is 0.486 e. The highest BCUT2D eigenvalue weighted by molar-refractivity contribution is 8.00. The zero-order valence-electron chi connectivity index (χ0n) is 13.4. The van der Waals surface area contributed by atoms with Crippen molar-refractivity contribution < 1.29 is 14.3 Å². The normalized spacial score (nSPS) is 12.9. The van der Waals surface area contributed by atoms with Crippen molar-refractivity contribution in [3.05, 3.63) is 23.2 Å². The Morgan fingerprint density at radius 1 is 1.29 bits per heavy atom. The van der Waals surface area contributed by atoms with Gasteiger partial charge in [-0.25, -0.2) is 0 Å². The smallest absolute Gasteiger partial charge is 0.236 e. The first-order valence-corrected chi connectivity index (χ1v) is 9.69. The molecule has 1 amide bonds. The number of unbranched alkanes of at least 4 members (excludes halogenated alkanes) is 1. The summed E-state index contributed by atoms with van der Waals surface area (Å²) in [5.74, 6) is 1.71. The second-order valence-electron chi connectivity index (χ2n) is 5.25. The molecule has 0 atom stereocenters. The highest BCUT2D eigenvalue weighted by Crippen LogP contribution is 2.34. The van der Waals surface area contributed by atoms with Gasteiger partial charge in [0, 0.05) is 11.3 Å². The number of hydrogen-bond acceptors (Lipinski definition) is 7.